The molecule has 0 aliphatic carbocycles. The van der Waals surface area contributed by atoms with Gasteiger partial charge in [-0.2, -0.15) is 0 Å². The van der Waals surface area contributed by atoms with Crippen LogP contribution in [-0.4, -0.2) is 6.29 Å². The van der Waals surface area contributed by atoms with Crippen LogP contribution in [0, 0.1) is 0 Å². The Morgan fingerprint density at radius 2 is 1.80 bits per heavy atom. The van der Waals surface area contributed by atoms with Crippen molar-refractivity contribution in [2.45, 2.75) is 0 Å². The van der Waals surface area contributed by atoms with Gasteiger partial charge < -0.3 is 9.15 Å². The van der Waals surface area contributed by atoms with E-state index in [4.69, 9.17) is 9.15 Å². The van der Waals surface area contributed by atoms with Gasteiger partial charge >= 0.3 is 0 Å². The molecule has 0 unspecified atom stereocenters. The molecule has 1 heterocycles. The summed E-state index contributed by atoms with van der Waals surface area (Å²) in [6, 6.07) is 14.1. The highest BCUT2D eigenvalue weighted by Crippen LogP contribution is 2.27. The van der Waals surface area contributed by atoms with Crippen molar-refractivity contribution in [3.8, 4) is 11.5 Å². The molecule has 0 fully saturated rings. The van der Waals surface area contributed by atoms with E-state index >= 15 is 0 Å². The summed E-state index contributed by atoms with van der Waals surface area (Å²) in [5, 5.41) is 0.265. The highest BCUT2D eigenvalue weighted by Gasteiger charge is 2.12. The first-order valence-corrected chi connectivity index (χ1v) is 6.02. The molecule has 1 aromatic heterocycles. The molecule has 0 N–H and O–H groups in total. The van der Waals surface area contributed by atoms with Gasteiger partial charge in [0, 0.05) is 0 Å². The Balaban J connectivity index is 2.20. The minimum atomic E-state index is -0.396. The highest BCUT2D eigenvalue weighted by atomic mass is 16.5. The number of fused-ring (bicyclic) bond motifs is 1. The van der Waals surface area contributed by atoms with Gasteiger partial charge in [-0.05, 0) is 24.3 Å². The summed E-state index contributed by atoms with van der Waals surface area (Å²) in [4.78, 5) is 23.0. The van der Waals surface area contributed by atoms with Crippen LogP contribution in [0.25, 0.3) is 11.0 Å². The molecule has 20 heavy (non-hydrogen) atoms. The number of aldehydes is 1. The maximum absolute atomic E-state index is 12.2. The normalized spacial score (nSPS) is 10.4. The lowest BCUT2D eigenvalue weighted by molar-refractivity contribution is 0.112. The van der Waals surface area contributed by atoms with Crippen molar-refractivity contribution in [2.24, 2.45) is 0 Å². The van der Waals surface area contributed by atoms with Crippen molar-refractivity contribution >= 4 is 17.3 Å². The van der Waals surface area contributed by atoms with Crippen molar-refractivity contribution in [1.29, 1.82) is 0 Å². The van der Waals surface area contributed by atoms with Crippen molar-refractivity contribution in [3.05, 3.63) is 70.6 Å². The van der Waals surface area contributed by atoms with Gasteiger partial charge in [0.2, 0.25) is 5.43 Å². The predicted molar refractivity (Wildman–Crippen MR) is 74.4 cm³/mol. The lowest BCUT2D eigenvalue weighted by Gasteiger charge is -2.07. The second-order valence-electron chi connectivity index (χ2n) is 4.18. The zero-order chi connectivity index (χ0) is 13.9. The lowest BCUT2D eigenvalue weighted by Crippen LogP contribution is -2.08. The Morgan fingerprint density at radius 1 is 1.00 bits per heavy atom. The SMILES string of the molecule is O=Cc1coc2cccc(Oc3ccccc3)c2c1=O. The Kier molecular flexibility index (Phi) is 3.05. The topological polar surface area (TPSA) is 56.5 Å². The van der Waals surface area contributed by atoms with Crippen LogP contribution in [0.5, 0.6) is 11.5 Å². The van der Waals surface area contributed by atoms with E-state index < -0.39 is 5.43 Å². The Bertz CT molecular complexity index is 819. The highest BCUT2D eigenvalue weighted by molar-refractivity contribution is 5.88. The van der Waals surface area contributed by atoms with Gasteiger partial charge in [0.15, 0.2) is 6.29 Å². The standard InChI is InChI=1S/C16H10O4/c17-9-11-10-19-13-7-4-8-14(15(13)16(11)18)20-12-5-2-1-3-6-12/h1-10H. The predicted octanol–water partition coefficient (Wildman–Crippen LogP) is 3.40. The summed E-state index contributed by atoms with van der Waals surface area (Å²) >= 11 is 0. The summed E-state index contributed by atoms with van der Waals surface area (Å²) in [5.41, 5.74) is -0.0385. The molecule has 0 spiro atoms. The number of ether oxygens (including phenoxy) is 1. The number of para-hydroxylation sites is 1. The molecule has 0 aliphatic rings. The van der Waals surface area contributed by atoms with Crippen molar-refractivity contribution in [2.75, 3.05) is 0 Å². The van der Waals surface area contributed by atoms with Gasteiger partial charge in [-0.15, -0.1) is 0 Å². The zero-order valence-corrected chi connectivity index (χ0v) is 10.4. The first kappa shape index (κ1) is 12.2. The molecular formula is C16H10O4. The third kappa shape index (κ3) is 2.07. The summed E-state index contributed by atoms with van der Waals surface area (Å²) < 4.78 is 11.0. The molecular weight excluding hydrogens is 256 g/mol. The molecule has 0 bridgehead atoms. The Labute approximate surface area is 114 Å². The molecule has 0 atom stereocenters. The number of rotatable bonds is 3. The van der Waals surface area contributed by atoms with E-state index in [0.29, 0.717) is 23.4 Å². The summed E-state index contributed by atoms with van der Waals surface area (Å²) in [6.07, 6.45) is 1.63. The molecule has 4 nitrogen and oxygen atoms in total. The van der Waals surface area contributed by atoms with Crippen LogP contribution in [-0.2, 0) is 0 Å². The second-order valence-corrected chi connectivity index (χ2v) is 4.18. The molecule has 4 heteroatoms. The number of benzene rings is 2. The van der Waals surface area contributed by atoms with Crippen LogP contribution in [0.4, 0.5) is 0 Å². The average Bonchev–Trinajstić information content (AvgIpc) is 2.49. The summed E-state index contributed by atoms with van der Waals surface area (Å²) in [6.45, 7) is 0. The molecule has 0 radical (unpaired) electrons. The fourth-order valence-corrected chi connectivity index (χ4v) is 1.94. The van der Waals surface area contributed by atoms with Crippen molar-refractivity contribution < 1.29 is 13.9 Å². The van der Waals surface area contributed by atoms with E-state index in [1.54, 1.807) is 30.3 Å². The average molecular weight is 266 g/mol. The molecule has 0 saturated heterocycles. The van der Waals surface area contributed by atoms with E-state index in [1.807, 2.05) is 18.2 Å². The van der Waals surface area contributed by atoms with Gasteiger partial charge in [-0.1, -0.05) is 24.3 Å². The van der Waals surface area contributed by atoms with Crippen LogP contribution in [0.15, 0.2) is 64.0 Å². The van der Waals surface area contributed by atoms with E-state index in [0.717, 1.165) is 6.26 Å². The van der Waals surface area contributed by atoms with E-state index in [1.165, 1.54) is 0 Å². The minimum absolute atomic E-state index is 0.0263. The molecule has 3 aromatic rings. The van der Waals surface area contributed by atoms with E-state index in [2.05, 4.69) is 0 Å². The van der Waals surface area contributed by atoms with Gasteiger partial charge in [-0.25, -0.2) is 0 Å². The molecule has 98 valence electrons. The van der Waals surface area contributed by atoms with E-state index in [9.17, 15) is 9.59 Å². The molecule has 0 saturated carbocycles. The lowest BCUT2D eigenvalue weighted by atomic mass is 10.1. The number of carbonyl (C=O) groups is 1. The fourth-order valence-electron chi connectivity index (χ4n) is 1.94. The number of carbonyl (C=O) groups excluding carboxylic acids is 1. The van der Waals surface area contributed by atoms with Gasteiger partial charge in [0.1, 0.15) is 28.7 Å². The largest absolute Gasteiger partial charge is 0.463 e. The van der Waals surface area contributed by atoms with Gasteiger partial charge in [0.05, 0.1) is 5.56 Å². The maximum Gasteiger partial charge on any atom is 0.206 e. The third-order valence-electron chi connectivity index (χ3n) is 2.89. The maximum atomic E-state index is 12.2. The number of hydrogen-bond acceptors (Lipinski definition) is 4. The smallest absolute Gasteiger partial charge is 0.206 e. The summed E-state index contributed by atoms with van der Waals surface area (Å²) in [5.74, 6) is 0.974. The van der Waals surface area contributed by atoms with Gasteiger partial charge in [-0.3, -0.25) is 9.59 Å². The van der Waals surface area contributed by atoms with Crippen LogP contribution >= 0.6 is 0 Å². The van der Waals surface area contributed by atoms with Gasteiger partial charge in [0.25, 0.3) is 0 Å². The van der Waals surface area contributed by atoms with Crippen molar-refractivity contribution in [3.63, 3.8) is 0 Å². The Hall–Kier alpha value is -2.88. The second kappa shape index (κ2) is 5.01. The minimum Gasteiger partial charge on any atom is -0.463 e. The molecule has 0 aliphatic heterocycles. The first-order valence-electron chi connectivity index (χ1n) is 6.02. The first-order chi connectivity index (χ1) is 9.79. The summed E-state index contributed by atoms with van der Waals surface area (Å²) in [7, 11) is 0. The fraction of sp³-hybridized carbons (Fsp3) is 0. The third-order valence-corrected chi connectivity index (χ3v) is 2.89. The quantitative estimate of drug-likeness (QED) is 0.682. The molecule has 0 amide bonds. The molecule has 2 aromatic carbocycles. The van der Waals surface area contributed by atoms with Crippen molar-refractivity contribution in [1.82, 2.24) is 0 Å². The Morgan fingerprint density at radius 3 is 2.55 bits per heavy atom. The zero-order valence-electron chi connectivity index (χ0n) is 10.4. The van der Waals surface area contributed by atoms with Crippen LogP contribution < -0.4 is 10.2 Å². The number of hydrogen-bond donors (Lipinski definition) is 0. The van der Waals surface area contributed by atoms with E-state index in [-0.39, 0.29) is 10.9 Å². The van der Waals surface area contributed by atoms with Crippen LogP contribution in [0.2, 0.25) is 0 Å². The molecule has 3 rings (SSSR count). The van der Waals surface area contributed by atoms with Crippen LogP contribution in [0.3, 0.4) is 0 Å². The van der Waals surface area contributed by atoms with Crippen LogP contribution in [0.1, 0.15) is 10.4 Å². The monoisotopic (exact) mass is 266 g/mol.